The minimum Gasteiger partial charge on any atom is -0.481 e. The Kier molecular flexibility index (Phi) is 6.14. The van der Waals surface area contributed by atoms with Gasteiger partial charge in [0.05, 0.1) is 6.04 Å². The van der Waals surface area contributed by atoms with Crippen LogP contribution in [0.15, 0.2) is 35.6 Å². The molecule has 0 fully saturated rings. The summed E-state index contributed by atoms with van der Waals surface area (Å²) in [5.74, 6) is 4.05. The molecule has 150 valence electrons. The third-order valence-electron chi connectivity index (χ3n) is 5.73. The number of carboxylic acid groups (broad SMARTS) is 1. The molecule has 3 rings (SSSR count). The summed E-state index contributed by atoms with van der Waals surface area (Å²) in [6.07, 6.45) is 3.49. The molecule has 2 unspecified atom stereocenters. The molecule has 1 aliphatic heterocycles. The van der Waals surface area contributed by atoms with Gasteiger partial charge in [-0.05, 0) is 38.2 Å². The lowest BCUT2D eigenvalue weighted by Gasteiger charge is -2.34. The highest BCUT2D eigenvalue weighted by Crippen LogP contribution is 2.37. The van der Waals surface area contributed by atoms with Crippen molar-refractivity contribution in [2.24, 2.45) is 11.8 Å². The van der Waals surface area contributed by atoms with Gasteiger partial charge in [0.1, 0.15) is 0 Å². The number of unbranched alkanes of at least 4 members (excludes halogenated alkanes) is 2. The topological polar surface area (TPSA) is 110 Å². The van der Waals surface area contributed by atoms with Crippen LogP contribution in [-0.2, 0) is 20.8 Å². The number of Topliss-reactive ketones (excluding diaryl/α,β-unsaturated/α-hetero) is 1. The van der Waals surface area contributed by atoms with Gasteiger partial charge in [-0.25, -0.2) is 0 Å². The molecule has 3 N–H and O–H groups in total. The summed E-state index contributed by atoms with van der Waals surface area (Å²) in [6.45, 7) is 2.24. The van der Waals surface area contributed by atoms with Gasteiger partial charge in [0, 0.05) is 30.0 Å². The van der Waals surface area contributed by atoms with Gasteiger partial charge in [-0.15, -0.1) is 0 Å². The normalized spacial score (nSPS) is 21.9. The largest absolute Gasteiger partial charge is 0.481 e. The van der Waals surface area contributed by atoms with Crippen LogP contribution in [0.5, 0.6) is 0 Å². The van der Waals surface area contributed by atoms with Gasteiger partial charge < -0.3 is 14.8 Å². The zero-order chi connectivity index (χ0) is 20.3. The highest BCUT2D eigenvalue weighted by molar-refractivity contribution is 6.03. The molecule has 1 aliphatic carbocycles. The molecular formula is C21H26N2O5. The second-order valence-corrected chi connectivity index (χ2v) is 7.44. The smallest absolute Gasteiger partial charge is 0.303 e. The third kappa shape index (κ3) is 3.80. The maximum atomic E-state index is 13.1. The second-order valence-electron chi connectivity index (χ2n) is 7.44. The van der Waals surface area contributed by atoms with E-state index in [0.29, 0.717) is 37.8 Å². The van der Waals surface area contributed by atoms with E-state index in [0.717, 1.165) is 17.5 Å². The fraction of sp³-hybridized carbons (Fsp3) is 0.476. The number of fused-ring (bicyclic) bond motifs is 1. The molecule has 0 aromatic heterocycles. The Hall–Kier alpha value is -2.67. The number of ketones is 1. The van der Waals surface area contributed by atoms with Gasteiger partial charge in [0.15, 0.2) is 5.78 Å². The lowest BCUT2D eigenvalue weighted by Crippen LogP contribution is -2.45. The monoisotopic (exact) mass is 386 g/mol. The van der Waals surface area contributed by atoms with E-state index in [9.17, 15) is 14.4 Å². The molecule has 2 atom stereocenters. The number of benzene rings is 1. The summed E-state index contributed by atoms with van der Waals surface area (Å²) in [5.41, 5.74) is 2.46. The van der Waals surface area contributed by atoms with Gasteiger partial charge in [-0.2, -0.15) is 5.90 Å². The number of aryl methyl sites for hydroxylation is 1. The Labute approximate surface area is 164 Å². The van der Waals surface area contributed by atoms with Crippen molar-refractivity contribution in [1.82, 2.24) is 4.90 Å². The molecule has 2 aliphatic rings. The van der Waals surface area contributed by atoms with Crippen LogP contribution >= 0.6 is 0 Å². The average molecular weight is 386 g/mol. The number of hydrogen-bond acceptors (Lipinski definition) is 5. The van der Waals surface area contributed by atoms with Crippen LogP contribution in [0, 0.1) is 5.92 Å². The minimum absolute atomic E-state index is 0.0492. The Bertz CT molecular complexity index is 817. The van der Waals surface area contributed by atoms with E-state index in [4.69, 9.17) is 15.8 Å². The first-order chi connectivity index (χ1) is 13.5. The van der Waals surface area contributed by atoms with Crippen molar-refractivity contribution in [3.05, 3.63) is 46.7 Å². The van der Waals surface area contributed by atoms with E-state index in [1.807, 2.05) is 24.3 Å². The van der Waals surface area contributed by atoms with Crippen molar-refractivity contribution in [3.8, 4) is 0 Å². The molecule has 1 aromatic rings. The van der Waals surface area contributed by atoms with Crippen LogP contribution < -0.4 is 5.90 Å². The van der Waals surface area contributed by atoms with E-state index in [-0.39, 0.29) is 35.8 Å². The lowest BCUT2D eigenvalue weighted by molar-refractivity contribution is -0.137. The van der Waals surface area contributed by atoms with Gasteiger partial charge in [0.25, 0.3) is 5.91 Å². The molecule has 0 spiro atoms. The minimum atomic E-state index is -0.821. The van der Waals surface area contributed by atoms with Crippen LogP contribution in [0.25, 0.3) is 0 Å². The Balaban J connectivity index is 1.77. The average Bonchev–Trinajstić information content (AvgIpc) is 2.91. The summed E-state index contributed by atoms with van der Waals surface area (Å²) in [5, 5.41) is 8.75. The highest BCUT2D eigenvalue weighted by atomic mass is 16.6. The van der Waals surface area contributed by atoms with Crippen LogP contribution in [0.2, 0.25) is 0 Å². The molecule has 0 bridgehead atoms. The number of rotatable bonds is 8. The van der Waals surface area contributed by atoms with E-state index >= 15 is 0 Å². The number of carbonyl (C=O) groups is 3. The number of amides is 1. The maximum absolute atomic E-state index is 13.1. The van der Waals surface area contributed by atoms with Crippen molar-refractivity contribution in [3.63, 3.8) is 0 Å². The molecule has 1 amide bonds. The summed E-state index contributed by atoms with van der Waals surface area (Å²) in [7, 11) is 0. The van der Waals surface area contributed by atoms with E-state index < -0.39 is 5.97 Å². The molecule has 7 nitrogen and oxygen atoms in total. The summed E-state index contributed by atoms with van der Waals surface area (Å²) < 4.78 is 0. The molecule has 0 saturated carbocycles. The van der Waals surface area contributed by atoms with Gasteiger partial charge in [-0.1, -0.05) is 30.7 Å². The molecular weight excluding hydrogens is 360 g/mol. The molecule has 0 radical (unpaired) electrons. The summed E-state index contributed by atoms with van der Waals surface area (Å²) in [6, 6.07) is 7.24. The standard InChI is InChI=1S/C21H26N2O5/c1-13-18(16-11-10-14-7-4-5-8-15(14)19(16)26)23(21(27)20(13)28-22)12-6-2-3-9-17(24)25/h4-5,7-8,16,18H,2-3,6,9-12,22H2,1H3,(H,24,25). The molecule has 28 heavy (non-hydrogen) atoms. The van der Waals surface area contributed by atoms with Crippen molar-refractivity contribution < 1.29 is 24.3 Å². The number of hydrogen-bond donors (Lipinski definition) is 2. The first-order valence-electron chi connectivity index (χ1n) is 9.68. The molecule has 1 heterocycles. The number of aliphatic carboxylic acids is 1. The summed E-state index contributed by atoms with van der Waals surface area (Å²) >= 11 is 0. The van der Waals surface area contributed by atoms with Crippen molar-refractivity contribution >= 4 is 17.7 Å². The fourth-order valence-electron chi connectivity index (χ4n) is 4.35. The Morgan fingerprint density at radius 2 is 2.00 bits per heavy atom. The third-order valence-corrected chi connectivity index (χ3v) is 5.73. The number of nitrogens with two attached hydrogens (primary N) is 1. The van der Waals surface area contributed by atoms with Gasteiger partial charge >= 0.3 is 5.97 Å². The zero-order valence-corrected chi connectivity index (χ0v) is 16.0. The number of carbonyl (C=O) groups excluding carboxylic acids is 2. The van der Waals surface area contributed by atoms with Crippen molar-refractivity contribution in [2.75, 3.05) is 6.54 Å². The predicted molar refractivity (Wildman–Crippen MR) is 102 cm³/mol. The van der Waals surface area contributed by atoms with E-state index in [1.165, 1.54) is 0 Å². The Morgan fingerprint density at radius 3 is 2.71 bits per heavy atom. The number of carboxylic acids is 1. The Morgan fingerprint density at radius 1 is 1.25 bits per heavy atom. The quantitative estimate of drug-likeness (QED) is 0.525. The van der Waals surface area contributed by atoms with E-state index in [1.54, 1.807) is 11.8 Å². The van der Waals surface area contributed by atoms with Crippen LogP contribution in [0.3, 0.4) is 0 Å². The first-order valence-corrected chi connectivity index (χ1v) is 9.68. The first kappa shape index (κ1) is 20.1. The highest BCUT2D eigenvalue weighted by Gasteiger charge is 2.46. The lowest BCUT2D eigenvalue weighted by atomic mass is 9.77. The second kappa shape index (κ2) is 8.56. The SMILES string of the molecule is CC1=C(ON)C(=O)N(CCCCCC(=O)O)C1C1CCc2ccccc2C1=O. The van der Waals surface area contributed by atoms with Crippen molar-refractivity contribution in [2.45, 2.75) is 51.5 Å². The predicted octanol–water partition coefficient (Wildman–Crippen LogP) is 2.45. The molecule has 1 aromatic carbocycles. The number of nitrogens with zero attached hydrogens (tertiary/aromatic N) is 1. The maximum Gasteiger partial charge on any atom is 0.303 e. The van der Waals surface area contributed by atoms with Crippen LogP contribution in [0.4, 0.5) is 0 Å². The van der Waals surface area contributed by atoms with E-state index in [2.05, 4.69) is 0 Å². The van der Waals surface area contributed by atoms with Crippen LogP contribution in [-0.4, -0.2) is 40.3 Å². The van der Waals surface area contributed by atoms with Crippen LogP contribution in [0.1, 0.15) is 54.9 Å². The fourth-order valence-corrected chi connectivity index (χ4v) is 4.35. The van der Waals surface area contributed by atoms with Gasteiger partial charge in [0.2, 0.25) is 5.76 Å². The molecule has 7 heteroatoms. The summed E-state index contributed by atoms with van der Waals surface area (Å²) in [4.78, 5) is 43.1. The van der Waals surface area contributed by atoms with Gasteiger partial charge in [-0.3, -0.25) is 14.4 Å². The van der Waals surface area contributed by atoms with Crippen molar-refractivity contribution in [1.29, 1.82) is 0 Å². The zero-order valence-electron chi connectivity index (χ0n) is 16.0. The molecule has 0 saturated heterocycles.